The predicted octanol–water partition coefficient (Wildman–Crippen LogP) is 4.82. The lowest BCUT2D eigenvalue weighted by Crippen LogP contribution is -3.04. The monoisotopic (exact) mass is 378 g/mol. The van der Waals surface area contributed by atoms with Crippen molar-refractivity contribution in [2.45, 2.75) is 27.3 Å². The molecule has 1 aliphatic heterocycles. The molecule has 0 bridgehead atoms. The summed E-state index contributed by atoms with van der Waals surface area (Å²) in [6.07, 6.45) is 0. The Bertz CT molecular complexity index is 856. The lowest BCUT2D eigenvalue weighted by molar-refractivity contribution is -0.872. The SMILES string of the molecule is C[NH+](C)Cc1ccccc1S[C@@H]1c2ccccc2CSc2ccccc21. The van der Waals surface area contributed by atoms with Crippen LogP contribution in [-0.4, -0.2) is 14.1 Å². The Morgan fingerprint density at radius 1 is 0.885 bits per heavy atom. The highest BCUT2D eigenvalue weighted by Crippen LogP contribution is 2.48. The summed E-state index contributed by atoms with van der Waals surface area (Å²) in [5, 5.41) is 0.343. The summed E-state index contributed by atoms with van der Waals surface area (Å²) in [7, 11) is 4.43. The van der Waals surface area contributed by atoms with Crippen molar-refractivity contribution in [3.8, 4) is 0 Å². The van der Waals surface area contributed by atoms with E-state index in [1.165, 1.54) is 36.9 Å². The van der Waals surface area contributed by atoms with Gasteiger partial charge in [0.1, 0.15) is 6.54 Å². The van der Waals surface area contributed by atoms with Crippen LogP contribution in [0, 0.1) is 0 Å². The Labute approximate surface area is 164 Å². The molecule has 0 unspecified atom stereocenters. The zero-order valence-corrected chi connectivity index (χ0v) is 16.9. The topological polar surface area (TPSA) is 4.44 Å². The van der Waals surface area contributed by atoms with Crippen LogP contribution in [0.15, 0.2) is 82.6 Å². The fraction of sp³-hybridized carbons (Fsp3) is 0.217. The first-order valence-electron chi connectivity index (χ1n) is 9.05. The summed E-state index contributed by atoms with van der Waals surface area (Å²) in [6.45, 7) is 1.05. The zero-order valence-electron chi connectivity index (χ0n) is 15.2. The molecule has 3 aromatic rings. The number of hydrogen-bond donors (Lipinski definition) is 1. The van der Waals surface area contributed by atoms with Gasteiger partial charge in [-0.25, -0.2) is 0 Å². The molecular weight excluding hydrogens is 354 g/mol. The van der Waals surface area contributed by atoms with Crippen LogP contribution >= 0.6 is 23.5 Å². The van der Waals surface area contributed by atoms with Gasteiger partial charge in [-0.15, -0.1) is 23.5 Å². The van der Waals surface area contributed by atoms with Crippen LogP contribution in [0.4, 0.5) is 0 Å². The fourth-order valence-electron chi connectivity index (χ4n) is 3.47. The molecule has 0 amide bonds. The Kier molecular flexibility index (Phi) is 5.39. The van der Waals surface area contributed by atoms with Crippen LogP contribution in [-0.2, 0) is 12.3 Å². The van der Waals surface area contributed by atoms with E-state index in [9.17, 15) is 0 Å². The van der Waals surface area contributed by atoms with E-state index in [1.54, 1.807) is 0 Å². The first kappa shape index (κ1) is 17.7. The molecule has 0 saturated heterocycles. The molecule has 132 valence electrons. The first-order valence-corrected chi connectivity index (χ1v) is 10.9. The van der Waals surface area contributed by atoms with E-state index in [2.05, 4.69) is 86.9 Å². The third-order valence-corrected chi connectivity index (χ3v) is 7.22. The lowest BCUT2D eigenvalue weighted by Gasteiger charge is -2.21. The number of nitrogens with one attached hydrogen (secondary N) is 1. The highest BCUT2D eigenvalue weighted by molar-refractivity contribution is 8.00. The smallest absolute Gasteiger partial charge is 0.103 e. The van der Waals surface area contributed by atoms with Crippen LogP contribution in [0.1, 0.15) is 27.5 Å². The molecule has 3 aromatic carbocycles. The molecule has 0 spiro atoms. The predicted molar refractivity (Wildman–Crippen MR) is 113 cm³/mol. The molecule has 0 saturated carbocycles. The van der Waals surface area contributed by atoms with Crippen LogP contribution in [0.3, 0.4) is 0 Å². The number of thioether (sulfide) groups is 2. The van der Waals surface area contributed by atoms with Gasteiger partial charge < -0.3 is 4.90 Å². The molecule has 1 nitrogen and oxygen atoms in total. The Hall–Kier alpha value is -1.68. The molecule has 0 fully saturated rings. The maximum Gasteiger partial charge on any atom is 0.103 e. The quantitative estimate of drug-likeness (QED) is 0.694. The zero-order chi connectivity index (χ0) is 17.9. The van der Waals surface area contributed by atoms with E-state index in [0.717, 1.165) is 12.3 Å². The van der Waals surface area contributed by atoms with E-state index >= 15 is 0 Å². The van der Waals surface area contributed by atoms with Gasteiger partial charge in [-0.2, -0.15) is 0 Å². The van der Waals surface area contributed by atoms with Crippen molar-refractivity contribution < 1.29 is 4.90 Å². The van der Waals surface area contributed by atoms with Crippen molar-refractivity contribution in [3.05, 3.63) is 95.1 Å². The summed E-state index contributed by atoms with van der Waals surface area (Å²) >= 11 is 3.97. The largest absolute Gasteiger partial charge is 0.336 e. The lowest BCUT2D eigenvalue weighted by atomic mass is 10.0. The second kappa shape index (κ2) is 7.91. The molecule has 1 N–H and O–H groups in total. The number of benzene rings is 3. The van der Waals surface area contributed by atoms with Gasteiger partial charge in [0, 0.05) is 21.1 Å². The van der Waals surface area contributed by atoms with Gasteiger partial charge in [0.05, 0.1) is 19.3 Å². The molecule has 1 aliphatic rings. The van der Waals surface area contributed by atoms with E-state index in [1.807, 2.05) is 23.5 Å². The number of quaternary nitrogens is 1. The van der Waals surface area contributed by atoms with Gasteiger partial charge in [-0.05, 0) is 28.8 Å². The molecule has 26 heavy (non-hydrogen) atoms. The van der Waals surface area contributed by atoms with Crippen molar-refractivity contribution in [2.75, 3.05) is 14.1 Å². The minimum Gasteiger partial charge on any atom is -0.336 e. The van der Waals surface area contributed by atoms with Crippen molar-refractivity contribution in [3.63, 3.8) is 0 Å². The summed E-state index contributed by atoms with van der Waals surface area (Å²) < 4.78 is 0. The molecule has 0 aromatic heterocycles. The Morgan fingerprint density at radius 2 is 1.58 bits per heavy atom. The maximum absolute atomic E-state index is 2.31. The molecule has 0 aliphatic carbocycles. The van der Waals surface area contributed by atoms with Gasteiger partial charge in [-0.3, -0.25) is 0 Å². The molecule has 1 heterocycles. The average molecular weight is 379 g/mol. The maximum atomic E-state index is 2.31. The van der Waals surface area contributed by atoms with E-state index < -0.39 is 0 Å². The van der Waals surface area contributed by atoms with Gasteiger partial charge in [0.2, 0.25) is 0 Å². The number of rotatable bonds is 4. The minimum atomic E-state index is 0.343. The summed E-state index contributed by atoms with van der Waals surface area (Å²) in [5.41, 5.74) is 5.80. The normalized spacial score (nSPS) is 16.0. The molecule has 4 rings (SSSR count). The average Bonchev–Trinajstić information content (AvgIpc) is 2.81. The van der Waals surface area contributed by atoms with Crippen molar-refractivity contribution in [1.29, 1.82) is 0 Å². The van der Waals surface area contributed by atoms with E-state index in [-0.39, 0.29) is 0 Å². The number of fused-ring (bicyclic) bond motifs is 2. The van der Waals surface area contributed by atoms with Crippen LogP contribution in [0.2, 0.25) is 0 Å². The second-order valence-electron chi connectivity index (χ2n) is 7.01. The third kappa shape index (κ3) is 3.71. The minimum absolute atomic E-state index is 0.343. The molecule has 1 atom stereocenters. The van der Waals surface area contributed by atoms with E-state index in [4.69, 9.17) is 0 Å². The number of hydrogen-bond acceptors (Lipinski definition) is 2. The van der Waals surface area contributed by atoms with Crippen LogP contribution < -0.4 is 4.90 Å². The van der Waals surface area contributed by atoms with Crippen molar-refractivity contribution >= 4 is 23.5 Å². The van der Waals surface area contributed by atoms with Crippen LogP contribution in [0.5, 0.6) is 0 Å². The van der Waals surface area contributed by atoms with Gasteiger partial charge >= 0.3 is 0 Å². The van der Waals surface area contributed by atoms with Crippen molar-refractivity contribution in [1.82, 2.24) is 0 Å². The summed E-state index contributed by atoms with van der Waals surface area (Å²) in [6, 6.07) is 26.8. The van der Waals surface area contributed by atoms with Gasteiger partial charge in [0.25, 0.3) is 0 Å². The third-order valence-electron chi connectivity index (χ3n) is 4.68. The molecular formula is C23H24NS2+. The standard InChI is InChI=1S/C23H23NS2/c1-24(2)15-17-9-4-7-13-21(17)26-23-19-11-5-3-10-18(19)16-25-22-14-8-6-12-20(22)23/h3-14,23H,15-16H2,1-2H3/p+1/t23-/m1/s1. The molecule has 3 heteroatoms. The Balaban J connectivity index is 1.79. The second-order valence-corrected chi connectivity index (χ2v) is 9.18. The first-order chi connectivity index (χ1) is 12.7. The summed E-state index contributed by atoms with van der Waals surface area (Å²) in [5.74, 6) is 1.05. The highest BCUT2D eigenvalue weighted by Gasteiger charge is 2.25. The van der Waals surface area contributed by atoms with E-state index in [0.29, 0.717) is 5.25 Å². The highest BCUT2D eigenvalue weighted by atomic mass is 32.2. The summed E-state index contributed by atoms with van der Waals surface area (Å²) in [4.78, 5) is 4.27. The Morgan fingerprint density at radius 3 is 2.42 bits per heavy atom. The van der Waals surface area contributed by atoms with Crippen LogP contribution in [0.25, 0.3) is 0 Å². The van der Waals surface area contributed by atoms with Gasteiger partial charge in [0.15, 0.2) is 0 Å². The molecule has 0 radical (unpaired) electrons. The van der Waals surface area contributed by atoms with Crippen molar-refractivity contribution in [2.24, 2.45) is 0 Å². The van der Waals surface area contributed by atoms with Gasteiger partial charge in [-0.1, -0.05) is 60.7 Å². The fourth-order valence-corrected chi connectivity index (χ4v) is 6.04.